The standard InChI is InChI=1S/C19H25N3O2S.HI/c1-2-20-19(21-14-13-17-9-5-3-6-10-17)22-15-16-25(23,24)18-11-7-4-8-12-18;/h3-12H,2,13-16H2,1H3,(H2,20,21,22);1H. The zero-order valence-corrected chi connectivity index (χ0v) is 18.0. The maximum atomic E-state index is 12.3. The van der Waals surface area contributed by atoms with Crippen LogP contribution in [0, 0.1) is 0 Å². The number of aliphatic imine (C=N–C) groups is 1. The third kappa shape index (κ3) is 7.74. The number of guanidine groups is 1. The van der Waals surface area contributed by atoms with Gasteiger partial charge in [-0.05, 0) is 31.0 Å². The second kappa shape index (κ2) is 11.9. The summed E-state index contributed by atoms with van der Waals surface area (Å²) in [6, 6.07) is 18.7. The minimum Gasteiger partial charge on any atom is -0.357 e. The summed E-state index contributed by atoms with van der Waals surface area (Å²) in [4.78, 5) is 4.71. The summed E-state index contributed by atoms with van der Waals surface area (Å²) in [5, 5.41) is 6.38. The number of rotatable bonds is 8. The Morgan fingerprint density at radius 2 is 1.58 bits per heavy atom. The molecule has 0 aliphatic heterocycles. The average Bonchev–Trinajstić information content (AvgIpc) is 2.63. The van der Waals surface area contributed by atoms with E-state index >= 15 is 0 Å². The molecule has 0 saturated heterocycles. The van der Waals surface area contributed by atoms with Gasteiger partial charge < -0.3 is 10.6 Å². The van der Waals surface area contributed by atoms with E-state index in [0.29, 0.717) is 10.9 Å². The lowest BCUT2D eigenvalue weighted by Gasteiger charge is -2.11. The first kappa shape index (κ1) is 22.4. The largest absolute Gasteiger partial charge is 0.357 e. The second-order valence-electron chi connectivity index (χ2n) is 5.55. The topological polar surface area (TPSA) is 70.6 Å². The van der Waals surface area contributed by atoms with Gasteiger partial charge in [-0.15, -0.1) is 24.0 Å². The summed E-state index contributed by atoms with van der Waals surface area (Å²) in [5.41, 5.74) is 1.25. The molecule has 0 saturated carbocycles. The van der Waals surface area contributed by atoms with Crippen molar-refractivity contribution in [2.75, 3.05) is 25.4 Å². The van der Waals surface area contributed by atoms with Crippen molar-refractivity contribution in [3.8, 4) is 0 Å². The number of hydrogen-bond acceptors (Lipinski definition) is 3. The number of nitrogens with zero attached hydrogens (tertiary/aromatic N) is 1. The fourth-order valence-corrected chi connectivity index (χ4v) is 3.47. The predicted molar refractivity (Wildman–Crippen MR) is 118 cm³/mol. The van der Waals surface area contributed by atoms with Crippen LogP contribution in [0.2, 0.25) is 0 Å². The molecule has 0 aromatic heterocycles. The van der Waals surface area contributed by atoms with Gasteiger partial charge in [0.2, 0.25) is 0 Å². The van der Waals surface area contributed by atoms with Crippen LogP contribution >= 0.6 is 24.0 Å². The Kier molecular flexibility index (Phi) is 10.3. The lowest BCUT2D eigenvalue weighted by atomic mass is 10.1. The van der Waals surface area contributed by atoms with Crippen molar-refractivity contribution in [3.05, 3.63) is 66.2 Å². The van der Waals surface area contributed by atoms with Crippen LogP contribution < -0.4 is 10.6 Å². The van der Waals surface area contributed by atoms with Crippen molar-refractivity contribution in [2.24, 2.45) is 4.99 Å². The molecule has 0 radical (unpaired) electrons. The molecule has 0 unspecified atom stereocenters. The number of halogens is 1. The molecule has 0 spiro atoms. The molecule has 26 heavy (non-hydrogen) atoms. The molecule has 7 heteroatoms. The summed E-state index contributed by atoms with van der Waals surface area (Å²) < 4.78 is 24.5. The van der Waals surface area contributed by atoms with E-state index < -0.39 is 9.84 Å². The van der Waals surface area contributed by atoms with E-state index in [9.17, 15) is 8.42 Å². The van der Waals surface area contributed by atoms with Crippen LogP contribution in [-0.4, -0.2) is 39.8 Å². The smallest absolute Gasteiger partial charge is 0.191 e. The highest BCUT2D eigenvalue weighted by Gasteiger charge is 2.13. The first-order valence-corrected chi connectivity index (χ1v) is 10.1. The number of nitrogens with one attached hydrogen (secondary N) is 2. The highest BCUT2D eigenvalue weighted by molar-refractivity contribution is 14.0. The molecule has 0 aliphatic rings. The van der Waals surface area contributed by atoms with Gasteiger partial charge >= 0.3 is 0 Å². The quantitative estimate of drug-likeness (QED) is 0.342. The summed E-state index contributed by atoms with van der Waals surface area (Å²) in [5.74, 6) is 0.633. The van der Waals surface area contributed by atoms with E-state index in [1.165, 1.54) is 5.56 Å². The van der Waals surface area contributed by atoms with E-state index in [2.05, 4.69) is 27.8 Å². The van der Waals surface area contributed by atoms with Gasteiger partial charge in [-0.1, -0.05) is 48.5 Å². The molecular formula is C19H26IN3O2S. The van der Waals surface area contributed by atoms with Crippen molar-refractivity contribution < 1.29 is 8.42 Å². The van der Waals surface area contributed by atoms with Crippen molar-refractivity contribution >= 4 is 39.8 Å². The van der Waals surface area contributed by atoms with Gasteiger partial charge in [0.1, 0.15) is 0 Å². The molecule has 2 aromatic rings. The Morgan fingerprint density at radius 1 is 0.962 bits per heavy atom. The maximum Gasteiger partial charge on any atom is 0.191 e. The number of sulfone groups is 1. The molecule has 0 fully saturated rings. The highest BCUT2D eigenvalue weighted by atomic mass is 127. The van der Waals surface area contributed by atoms with Crippen molar-refractivity contribution in [3.63, 3.8) is 0 Å². The lowest BCUT2D eigenvalue weighted by molar-refractivity contribution is 0.596. The minimum atomic E-state index is -3.30. The number of benzene rings is 2. The van der Waals surface area contributed by atoms with Gasteiger partial charge in [-0.25, -0.2) is 8.42 Å². The molecule has 0 heterocycles. The maximum absolute atomic E-state index is 12.3. The molecule has 2 rings (SSSR count). The van der Waals surface area contributed by atoms with Crippen LogP contribution in [0.3, 0.4) is 0 Å². The Bertz CT molecular complexity index is 766. The molecule has 0 atom stereocenters. The fraction of sp³-hybridized carbons (Fsp3) is 0.316. The molecule has 0 bridgehead atoms. The van der Waals surface area contributed by atoms with Gasteiger partial charge in [0, 0.05) is 13.1 Å². The van der Waals surface area contributed by atoms with Gasteiger partial charge in [-0.2, -0.15) is 0 Å². The minimum absolute atomic E-state index is 0. The molecule has 0 amide bonds. The zero-order chi connectivity index (χ0) is 18.0. The Morgan fingerprint density at radius 3 is 2.19 bits per heavy atom. The van der Waals surface area contributed by atoms with Gasteiger partial charge in [-0.3, -0.25) is 4.99 Å². The van der Waals surface area contributed by atoms with E-state index in [4.69, 9.17) is 0 Å². The zero-order valence-electron chi connectivity index (χ0n) is 14.9. The van der Waals surface area contributed by atoms with Crippen LogP contribution in [0.1, 0.15) is 12.5 Å². The first-order valence-electron chi connectivity index (χ1n) is 8.46. The fourth-order valence-electron chi connectivity index (χ4n) is 2.33. The average molecular weight is 487 g/mol. The second-order valence-corrected chi connectivity index (χ2v) is 7.66. The third-order valence-electron chi connectivity index (χ3n) is 3.63. The van der Waals surface area contributed by atoms with Gasteiger partial charge in [0.15, 0.2) is 15.8 Å². The van der Waals surface area contributed by atoms with Crippen molar-refractivity contribution in [2.45, 2.75) is 18.2 Å². The molecule has 2 N–H and O–H groups in total. The third-order valence-corrected chi connectivity index (χ3v) is 5.34. The van der Waals surface area contributed by atoms with E-state index in [0.717, 1.165) is 19.5 Å². The summed E-state index contributed by atoms with van der Waals surface area (Å²) >= 11 is 0. The molecule has 5 nitrogen and oxygen atoms in total. The van der Waals surface area contributed by atoms with E-state index in [-0.39, 0.29) is 36.3 Å². The van der Waals surface area contributed by atoms with E-state index in [1.807, 2.05) is 25.1 Å². The first-order chi connectivity index (χ1) is 12.1. The Balaban J connectivity index is 0.00000338. The highest BCUT2D eigenvalue weighted by Crippen LogP contribution is 2.09. The Labute approximate surface area is 173 Å². The van der Waals surface area contributed by atoms with Crippen LogP contribution in [-0.2, 0) is 16.3 Å². The molecule has 142 valence electrons. The molecule has 0 aliphatic carbocycles. The predicted octanol–water partition coefficient (Wildman–Crippen LogP) is 2.88. The van der Waals surface area contributed by atoms with Crippen LogP contribution in [0.15, 0.2) is 70.6 Å². The number of hydrogen-bond donors (Lipinski definition) is 2. The SMILES string of the molecule is CCNC(=NCCS(=O)(=O)c1ccccc1)NCCc1ccccc1.I. The molecular weight excluding hydrogens is 461 g/mol. The summed E-state index contributed by atoms with van der Waals surface area (Å²) in [6.07, 6.45) is 0.883. The van der Waals surface area contributed by atoms with Crippen molar-refractivity contribution in [1.29, 1.82) is 0 Å². The monoisotopic (exact) mass is 487 g/mol. The van der Waals surface area contributed by atoms with Crippen molar-refractivity contribution in [1.82, 2.24) is 10.6 Å². The summed E-state index contributed by atoms with van der Waals surface area (Å²) in [7, 11) is -3.30. The van der Waals surface area contributed by atoms with E-state index in [1.54, 1.807) is 30.3 Å². The van der Waals surface area contributed by atoms with Gasteiger partial charge in [0.25, 0.3) is 0 Å². The normalized spacial score (nSPS) is 11.5. The van der Waals surface area contributed by atoms with Crippen LogP contribution in [0.25, 0.3) is 0 Å². The van der Waals surface area contributed by atoms with Crippen LogP contribution in [0.4, 0.5) is 0 Å². The molecule has 2 aromatic carbocycles. The van der Waals surface area contributed by atoms with Gasteiger partial charge in [0.05, 0.1) is 17.2 Å². The summed E-state index contributed by atoms with van der Waals surface area (Å²) in [6.45, 7) is 3.66. The van der Waals surface area contributed by atoms with Crippen LogP contribution in [0.5, 0.6) is 0 Å². The Hall–Kier alpha value is -1.61. The lowest BCUT2D eigenvalue weighted by Crippen LogP contribution is -2.38.